The Morgan fingerprint density at radius 3 is 2.59 bits per heavy atom. The number of nitrogens with one attached hydrogen (secondary N) is 1. The lowest BCUT2D eigenvalue weighted by atomic mass is 9.82. The Morgan fingerprint density at radius 1 is 1.07 bits per heavy atom. The van der Waals surface area contributed by atoms with Gasteiger partial charge in [-0.1, -0.05) is 49.4 Å². The Morgan fingerprint density at radius 2 is 1.83 bits per heavy atom. The molecule has 9 heteroatoms. The first-order valence-corrected chi connectivity index (χ1v) is 13.9. The second kappa shape index (κ2) is 10.5. The van der Waals surface area contributed by atoms with Gasteiger partial charge in [-0.2, -0.15) is 0 Å². The highest BCUT2D eigenvalue weighted by molar-refractivity contribution is 6.12. The molecule has 3 aromatic carbocycles. The van der Waals surface area contributed by atoms with E-state index in [0.29, 0.717) is 40.1 Å². The number of hydrogen-bond donors (Lipinski definition) is 3. The van der Waals surface area contributed by atoms with Gasteiger partial charge in [0.25, 0.3) is 11.5 Å². The van der Waals surface area contributed by atoms with Gasteiger partial charge < -0.3 is 15.1 Å². The van der Waals surface area contributed by atoms with Crippen LogP contribution in [0, 0.1) is 5.92 Å². The molecule has 0 unspecified atom stereocenters. The van der Waals surface area contributed by atoms with Gasteiger partial charge in [0.2, 0.25) is 5.91 Å². The lowest BCUT2D eigenvalue weighted by Crippen LogP contribution is -2.43. The van der Waals surface area contributed by atoms with Gasteiger partial charge >= 0.3 is 0 Å². The zero-order valence-electron chi connectivity index (χ0n) is 22.7. The van der Waals surface area contributed by atoms with Gasteiger partial charge in [0.15, 0.2) is 5.60 Å². The molecular weight excluding hydrogens is 520 g/mol. The van der Waals surface area contributed by atoms with Crippen LogP contribution in [0.4, 0.5) is 11.4 Å². The number of benzene rings is 3. The van der Waals surface area contributed by atoms with Crippen LogP contribution in [0.3, 0.4) is 0 Å². The molecule has 0 saturated carbocycles. The van der Waals surface area contributed by atoms with E-state index in [-0.39, 0.29) is 30.5 Å². The number of aliphatic hydroxyl groups is 2. The van der Waals surface area contributed by atoms with Crippen LogP contribution in [0.1, 0.15) is 31.7 Å². The number of rotatable bonds is 7. The maximum atomic E-state index is 14.0. The van der Waals surface area contributed by atoms with Crippen molar-refractivity contribution >= 4 is 34.1 Å². The number of anilines is 2. The van der Waals surface area contributed by atoms with Gasteiger partial charge in [0.1, 0.15) is 0 Å². The Hall–Kier alpha value is -4.47. The highest BCUT2D eigenvalue weighted by atomic mass is 16.3. The van der Waals surface area contributed by atoms with Crippen molar-refractivity contribution in [3.63, 3.8) is 0 Å². The van der Waals surface area contributed by atoms with E-state index in [0.717, 1.165) is 12.8 Å². The summed E-state index contributed by atoms with van der Waals surface area (Å²) in [6.07, 6.45) is 5.12. The van der Waals surface area contributed by atoms with Crippen molar-refractivity contribution < 1.29 is 19.8 Å². The number of para-hydroxylation sites is 2. The highest BCUT2D eigenvalue weighted by Gasteiger charge is 2.53. The fourth-order valence-corrected chi connectivity index (χ4v) is 6.06. The molecule has 2 aliphatic heterocycles. The van der Waals surface area contributed by atoms with Crippen LogP contribution in [0.15, 0.2) is 89.7 Å². The van der Waals surface area contributed by atoms with Crippen LogP contribution in [-0.2, 0) is 15.2 Å². The molecule has 41 heavy (non-hydrogen) atoms. The molecule has 1 aromatic heterocycles. The summed E-state index contributed by atoms with van der Waals surface area (Å²) in [6, 6.07) is 21.3. The summed E-state index contributed by atoms with van der Waals surface area (Å²) < 4.78 is 1.41. The Kier molecular flexibility index (Phi) is 6.84. The number of nitrogens with zero attached hydrogens (tertiary/aromatic N) is 3. The van der Waals surface area contributed by atoms with Crippen LogP contribution >= 0.6 is 0 Å². The van der Waals surface area contributed by atoms with Crippen molar-refractivity contribution in [2.75, 3.05) is 18.1 Å². The smallest absolute Gasteiger partial charge is 0.279 e. The summed E-state index contributed by atoms with van der Waals surface area (Å²) >= 11 is 0. The number of hydrogen-bond acceptors (Lipinski definition) is 5. The molecule has 2 aliphatic rings. The van der Waals surface area contributed by atoms with Crippen molar-refractivity contribution in [1.82, 2.24) is 14.7 Å². The van der Waals surface area contributed by atoms with Gasteiger partial charge in [-0.15, -0.1) is 0 Å². The lowest BCUT2D eigenvalue weighted by Gasteiger charge is -2.28. The monoisotopic (exact) mass is 552 g/mol. The predicted molar refractivity (Wildman–Crippen MR) is 156 cm³/mol. The van der Waals surface area contributed by atoms with E-state index < -0.39 is 17.4 Å². The first-order chi connectivity index (χ1) is 19.8. The van der Waals surface area contributed by atoms with Gasteiger partial charge in [-0.3, -0.25) is 24.4 Å². The standard InChI is InChI=1S/C32H32N4O5/c1-21(9-7-15-29(38)34-18-8-12-24(34)20-37)32(41)26-19-23(36-30(39)25-13-5-6-14-27(25)33-36)16-17-28(26)35(31(32)40)22-10-3-2-4-11-22/h2-7,9-11,13-14,16-17,19,21,24,33,37,41H,8,12,15,18,20H2,1H3/b9-7+/t21-,24-,32+/m0/s1. The fraction of sp³-hybridized carbons (Fsp3) is 0.281. The molecule has 0 aliphatic carbocycles. The maximum Gasteiger partial charge on any atom is 0.279 e. The SMILES string of the molecule is C[C@@H](/C=C/CC(=O)N1CCC[C@H]1CO)[C@]1(O)C(=O)N(c2ccccc2)c2ccc(-n3[nH]c4ccccc4c3=O)cc21. The molecule has 3 atom stereocenters. The summed E-state index contributed by atoms with van der Waals surface area (Å²) in [4.78, 5) is 43.2. The number of aromatic amines is 1. The van der Waals surface area contributed by atoms with E-state index in [9.17, 15) is 24.6 Å². The number of carbonyl (C=O) groups is 2. The second-order valence-electron chi connectivity index (χ2n) is 10.7. The number of fused-ring (bicyclic) bond motifs is 2. The quantitative estimate of drug-likeness (QED) is 0.302. The molecule has 0 spiro atoms. The minimum absolute atomic E-state index is 0.0615. The summed E-state index contributed by atoms with van der Waals surface area (Å²) in [7, 11) is 0. The lowest BCUT2D eigenvalue weighted by molar-refractivity contribution is -0.138. The number of amides is 2. The predicted octanol–water partition coefficient (Wildman–Crippen LogP) is 3.75. The van der Waals surface area contributed by atoms with Gasteiger partial charge in [0, 0.05) is 30.1 Å². The minimum Gasteiger partial charge on any atom is -0.394 e. The van der Waals surface area contributed by atoms with Gasteiger partial charge in [-0.05, 0) is 55.3 Å². The first kappa shape index (κ1) is 26.7. The van der Waals surface area contributed by atoms with E-state index in [1.807, 2.05) is 30.3 Å². The summed E-state index contributed by atoms with van der Waals surface area (Å²) in [5, 5.41) is 25.4. The Balaban J connectivity index is 1.38. The van der Waals surface area contributed by atoms with E-state index in [4.69, 9.17) is 0 Å². The topological polar surface area (TPSA) is 119 Å². The molecule has 0 bridgehead atoms. The van der Waals surface area contributed by atoms with Crippen molar-refractivity contribution in [1.29, 1.82) is 0 Å². The zero-order chi connectivity index (χ0) is 28.7. The van der Waals surface area contributed by atoms with Crippen molar-refractivity contribution in [3.8, 4) is 5.69 Å². The molecule has 9 nitrogen and oxygen atoms in total. The summed E-state index contributed by atoms with van der Waals surface area (Å²) in [6.45, 7) is 2.30. The normalized spacial score (nSPS) is 21.2. The van der Waals surface area contributed by atoms with Crippen molar-refractivity contribution in [2.45, 2.75) is 37.8 Å². The number of likely N-dealkylation sites (tertiary alicyclic amines) is 1. The van der Waals surface area contributed by atoms with Crippen molar-refractivity contribution in [3.05, 3.63) is 101 Å². The van der Waals surface area contributed by atoms with Crippen LogP contribution in [0.5, 0.6) is 0 Å². The number of carbonyl (C=O) groups excluding carboxylic acids is 2. The average Bonchev–Trinajstić information content (AvgIpc) is 3.67. The van der Waals surface area contributed by atoms with E-state index >= 15 is 0 Å². The molecule has 210 valence electrons. The summed E-state index contributed by atoms with van der Waals surface area (Å²) in [5.41, 5.74) is 0.494. The third-order valence-electron chi connectivity index (χ3n) is 8.31. The van der Waals surface area contributed by atoms with E-state index in [1.165, 1.54) is 9.58 Å². The molecular formula is C32H32N4O5. The Bertz CT molecular complexity index is 1710. The first-order valence-electron chi connectivity index (χ1n) is 13.9. The van der Waals surface area contributed by atoms with Gasteiger partial charge in [0.05, 0.1) is 34.9 Å². The molecule has 1 fully saturated rings. The van der Waals surface area contributed by atoms with Crippen LogP contribution in [0.25, 0.3) is 16.6 Å². The fourth-order valence-electron chi connectivity index (χ4n) is 6.06. The molecule has 3 N–H and O–H groups in total. The average molecular weight is 553 g/mol. The molecule has 4 aromatic rings. The van der Waals surface area contributed by atoms with E-state index in [2.05, 4.69) is 5.10 Å². The molecule has 2 amide bonds. The van der Waals surface area contributed by atoms with Gasteiger partial charge in [-0.25, -0.2) is 4.68 Å². The third-order valence-corrected chi connectivity index (χ3v) is 8.31. The molecule has 6 rings (SSSR count). The minimum atomic E-state index is -1.95. The number of aliphatic hydroxyl groups excluding tert-OH is 1. The largest absolute Gasteiger partial charge is 0.394 e. The molecule has 0 radical (unpaired) electrons. The maximum absolute atomic E-state index is 14.0. The summed E-state index contributed by atoms with van der Waals surface area (Å²) in [5.74, 6) is -1.30. The van der Waals surface area contributed by atoms with Crippen molar-refractivity contribution in [2.24, 2.45) is 5.92 Å². The second-order valence-corrected chi connectivity index (χ2v) is 10.7. The van der Waals surface area contributed by atoms with Crippen LogP contribution in [0.2, 0.25) is 0 Å². The highest BCUT2D eigenvalue weighted by Crippen LogP contribution is 2.48. The number of aromatic nitrogens is 2. The van der Waals surface area contributed by atoms with Crippen LogP contribution < -0.4 is 10.5 Å². The zero-order valence-corrected chi connectivity index (χ0v) is 22.7. The number of H-pyrrole nitrogens is 1. The third kappa shape index (κ3) is 4.38. The van der Waals surface area contributed by atoms with Crippen LogP contribution in [-0.4, -0.2) is 55.9 Å². The Labute approximate surface area is 236 Å². The molecule has 3 heterocycles. The van der Waals surface area contributed by atoms with E-state index in [1.54, 1.807) is 66.4 Å². The molecule has 1 saturated heterocycles.